The van der Waals surface area contributed by atoms with Crippen LogP contribution in [0.4, 0.5) is 13.2 Å². The van der Waals surface area contributed by atoms with E-state index in [0.29, 0.717) is 5.39 Å². The molecule has 3 heterocycles. The van der Waals surface area contributed by atoms with Crippen molar-refractivity contribution in [1.29, 1.82) is 0 Å². The van der Waals surface area contributed by atoms with Gasteiger partial charge in [0.2, 0.25) is 0 Å². The van der Waals surface area contributed by atoms with Gasteiger partial charge in [0.1, 0.15) is 11.4 Å². The highest BCUT2D eigenvalue weighted by Gasteiger charge is 2.38. The van der Waals surface area contributed by atoms with Crippen LogP contribution in [0.2, 0.25) is 0 Å². The van der Waals surface area contributed by atoms with Crippen LogP contribution in [0.1, 0.15) is 0 Å². The number of halogens is 3. The van der Waals surface area contributed by atoms with Gasteiger partial charge in [0.15, 0.2) is 0 Å². The zero-order chi connectivity index (χ0) is 23.5. The number of aromatic nitrogens is 3. The Morgan fingerprint density at radius 3 is 2.41 bits per heavy atom. The summed E-state index contributed by atoms with van der Waals surface area (Å²) in [6.07, 6.45) is -1.63. The number of aryl methyl sites for hydroxylation is 1. The van der Waals surface area contributed by atoms with Crippen LogP contribution in [0.3, 0.4) is 0 Å². The molecule has 0 saturated heterocycles. The summed E-state index contributed by atoms with van der Waals surface area (Å²) in [7, 11) is 3.31. The number of fused-ring (bicyclic) bond motifs is 1. The molecule has 1 N–H and O–H groups in total. The molecule has 0 saturated carbocycles. The van der Waals surface area contributed by atoms with Gasteiger partial charge in [0.05, 0.1) is 17.2 Å². The van der Waals surface area contributed by atoms with Gasteiger partial charge < -0.3 is 9.84 Å². The summed E-state index contributed by atoms with van der Waals surface area (Å²) in [5.41, 5.74) is 3.48. The SMILES string of the molecule is COc1cccc(-c2csc3c(-c4ccncc4)nn(C)c(=O)c23)c1.O=C(O)C(F)(F)F. The van der Waals surface area contributed by atoms with Crippen molar-refractivity contribution < 1.29 is 27.8 Å². The number of hydrogen-bond acceptors (Lipinski definition) is 6. The van der Waals surface area contributed by atoms with Gasteiger partial charge in [-0.15, -0.1) is 11.3 Å². The van der Waals surface area contributed by atoms with E-state index in [4.69, 9.17) is 14.6 Å². The van der Waals surface area contributed by atoms with Gasteiger partial charge in [-0.1, -0.05) is 12.1 Å². The maximum absolute atomic E-state index is 12.8. The number of carbonyl (C=O) groups is 1. The lowest BCUT2D eigenvalue weighted by atomic mass is 10.0. The number of carboxylic acid groups (broad SMARTS) is 1. The molecular formula is C21H16F3N3O4S. The Labute approximate surface area is 183 Å². The van der Waals surface area contributed by atoms with Gasteiger partial charge in [-0.25, -0.2) is 9.48 Å². The highest BCUT2D eigenvalue weighted by molar-refractivity contribution is 7.18. The minimum absolute atomic E-state index is 0.105. The molecule has 11 heteroatoms. The predicted octanol–water partition coefficient (Wildman–Crippen LogP) is 4.37. The number of thiophene rings is 1. The van der Waals surface area contributed by atoms with Crippen molar-refractivity contribution in [1.82, 2.24) is 14.8 Å². The first-order valence-corrected chi connectivity index (χ1v) is 9.85. The third-order valence-electron chi connectivity index (χ3n) is 4.34. The van der Waals surface area contributed by atoms with Crippen LogP contribution in [-0.4, -0.2) is 39.1 Å². The van der Waals surface area contributed by atoms with E-state index in [2.05, 4.69) is 10.1 Å². The smallest absolute Gasteiger partial charge is 0.490 e. The van der Waals surface area contributed by atoms with E-state index < -0.39 is 12.1 Å². The van der Waals surface area contributed by atoms with Crippen LogP contribution in [0.25, 0.3) is 32.5 Å². The fourth-order valence-corrected chi connectivity index (χ4v) is 3.92. The van der Waals surface area contributed by atoms with Gasteiger partial charge in [0.25, 0.3) is 5.56 Å². The van der Waals surface area contributed by atoms with Gasteiger partial charge in [0, 0.05) is 35.9 Å². The Hall–Kier alpha value is -3.73. The number of nitrogens with zero attached hydrogens (tertiary/aromatic N) is 3. The average Bonchev–Trinajstić information content (AvgIpc) is 3.22. The standard InChI is InChI=1S/C19H15N3O2S.C2HF3O2/c1-22-19(23)16-15(13-4-3-5-14(10-13)24-2)11-25-18(16)17(21-22)12-6-8-20-9-7-12;3-2(4,5)1(6)7/h3-11H,1-2H3;(H,6,7). The molecule has 0 atom stereocenters. The van der Waals surface area contributed by atoms with Gasteiger partial charge in [-0.2, -0.15) is 18.3 Å². The number of pyridine rings is 1. The third kappa shape index (κ3) is 4.78. The summed E-state index contributed by atoms with van der Waals surface area (Å²) >= 11 is 1.53. The first-order valence-electron chi connectivity index (χ1n) is 8.97. The van der Waals surface area contributed by atoms with E-state index >= 15 is 0 Å². The molecule has 4 aromatic rings. The molecule has 0 spiro atoms. The molecule has 0 aliphatic carbocycles. The summed E-state index contributed by atoms with van der Waals surface area (Å²) in [4.78, 5) is 25.7. The number of benzene rings is 1. The average molecular weight is 463 g/mol. The molecule has 1 aromatic carbocycles. The third-order valence-corrected chi connectivity index (χ3v) is 5.33. The molecule has 32 heavy (non-hydrogen) atoms. The lowest BCUT2D eigenvalue weighted by molar-refractivity contribution is -0.192. The van der Waals surface area contributed by atoms with E-state index in [0.717, 1.165) is 32.8 Å². The molecule has 0 aliphatic heterocycles. The van der Waals surface area contributed by atoms with Crippen molar-refractivity contribution in [3.05, 3.63) is 64.5 Å². The first-order chi connectivity index (χ1) is 15.1. The van der Waals surface area contributed by atoms with E-state index in [9.17, 15) is 18.0 Å². The van der Waals surface area contributed by atoms with Gasteiger partial charge >= 0.3 is 12.1 Å². The maximum atomic E-state index is 12.8. The van der Waals surface area contributed by atoms with Crippen molar-refractivity contribution in [2.24, 2.45) is 7.05 Å². The highest BCUT2D eigenvalue weighted by atomic mass is 32.1. The summed E-state index contributed by atoms with van der Waals surface area (Å²) < 4.78 is 39.3. The molecule has 0 unspecified atom stereocenters. The number of hydrogen-bond donors (Lipinski definition) is 1. The monoisotopic (exact) mass is 463 g/mol. The van der Waals surface area contributed by atoms with E-state index in [1.807, 2.05) is 41.8 Å². The summed E-state index contributed by atoms with van der Waals surface area (Å²) in [5, 5.41) is 14.3. The minimum atomic E-state index is -5.08. The molecule has 3 aromatic heterocycles. The van der Waals surface area contributed by atoms with Crippen molar-refractivity contribution in [3.63, 3.8) is 0 Å². The van der Waals surface area contributed by atoms with Crippen LogP contribution in [0, 0.1) is 0 Å². The summed E-state index contributed by atoms with van der Waals surface area (Å²) in [5.74, 6) is -2.00. The zero-order valence-electron chi connectivity index (χ0n) is 16.8. The second-order valence-corrected chi connectivity index (χ2v) is 7.28. The molecule has 0 fully saturated rings. The minimum Gasteiger partial charge on any atom is -0.497 e. The molecule has 0 amide bonds. The number of rotatable bonds is 3. The maximum Gasteiger partial charge on any atom is 0.490 e. The highest BCUT2D eigenvalue weighted by Crippen LogP contribution is 2.37. The number of aliphatic carboxylic acids is 1. The summed E-state index contributed by atoms with van der Waals surface area (Å²) in [6.45, 7) is 0. The van der Waals surface area contributed by atoms with E-state index in [1.165, 1.54) is 16.0 Å². The number of methoxy groups -OCH3 is 1. The number of ether oxygens (including phenoxy) is 1. The predicted molar refractivity (Wildman–Crippen MR) is 114 cm³/mol. The normalized spacial score (nSPS) is 11.0. The lowest BCUT2D eigenvalue weighted by Gasteiger charge is -2.07. The molecule has 166 valence electrons. The van der Waals surface area contributed by atoms with Crippen molar-refractivity contribution in [3.8, 4) is 28.1 Å². The Morgan fingerprint density at radius 2 is 1.81 bits per heavy atom. The fraction of sp³-hybridized carbons (Fsp3) is 0.143. The summed E-state index contributed by atoms with van der Waals surface area (Å²) in [6, 6.07) is 11.5. The molecule has 0 aliphatic rings. The van der Waals surface area contributed by atoms with E-state index in [-0.39, 0.29) is 5.56 Å². The molecule has 4 rings (SSSR count). The quantitative estimate of drug-likeness (QED) is 0.485. The lowest BCUT2D eigenvalue weighted by Crippen LogP contribution is -2.21. The van der Waals surface area contributed by atoms with Crippen LogP contribution in [-0.2, 0) is 11.8 Å². The van der Waals surface area contributed by atoms with Crippen LogP contribution >= 0.6 is 11.3 Å². The molecule has 0 radical (unpaired) electrons. The molecule has 0 bridgehead atoms. The fourth-order valence-electron chi connectivity index (χ4n) is 2.85. The Bertz CT molecular complexity index is 1320. The largest absolute Gasteiger partial charge is 0.497 e. The second-order valence-electron chi connectivity index (χ2n) is 6.40. The van der Waals surface area contributed by atoms with Crippen molar-refractivity contribution >= 4 is 27.4 Å². The van der Waals surface area contributed by atoms with Crippen LogP contribution in [0.15, 0.2) is 59.0 Å². The molecule has 7 nitrogen and oxygen atoms in total. The number of carboxylic acids is 1. The number of alkyl halides is 3. The van der Waals surface area contributed by atoms with Crippen LogP contribution < -0.4 is 10.3 Å². The molecular weight excluding hydrogens is 447 g/mol. The van der Waals surface area contributed by atoms with Crippen molar-refractivity contribution in [2.45, 2.75) is 6.18 Å². The van der Waals surface area contributed by atoms with Gasteiger partial charge in [-0.3, -0.25) is 9.78 Å². The first kappa shape index (κ1) is 22.9. The van der Waals surface area contributed by atoms with Gasteiger partial charge in [-0.05, 0) is 29.8 Å². The topological polar surface area (TPSA) is 94.3 Å². The zero-order valence-corrected chi connectivity index (χ0v) is 17.6. The Kier molecular flexibility index (Phi) is 6.58. The van der Waals surface area contributed by atoms with Crippen LogP contribution in [0.5, 0.6) is 5.75 Å². The Balaban J connectivity index is 0.000000360. The second kappa shape index (κ2) is 9.18. The van der Waals surface area contributed by atoms with E-state index in [1.54, 1.807) is 26.6 Å². The Morgan fingerprint density at radius 1 is 1.16 bits per heavy atom. The van der Waals surface area contributed by atoms with Crippen molar-refractivity contribution in [2.75, 3.05) is 7.11 Å².